The average Bonchev–Trinajstić information content (AvgIpc) is 2.48. The van der Waals surface area contributed by atoms with Gasteiger partial charge in [-0.05, 0) is 41.8 Å². The molecule has 3 nitrogen and oxygen atoms in total. The zero-order valence-corrected chi connectivity index (χ0v) is 13.7. The number of nitrogens with one attached hydrogen (secondary N) is 1. The van der Waals surface area contributed by atoms with E-state index in [1.807, 2.05) is 37.3 Å². The molecule has 1 heterocycles. The average molecular weight is 367 g/mol. The van der Waals surface area contributed by atoms with Crippen molar-refractivity contribution in [2.75, 3.05) is 11.9 Å². The smallest absolute Gasteiger partial charge is 0.262 e. The molecule has 2 aromatic carbocycles. The van der Waals surface area contributed by atoms with E-state index < -0.39 is 0 Å². The van der Waals surface area contributed by atoms with E-state index in [2.05, 4.69) is 27.3 Å². The zero-order chi connectivity index (χ0) is 15.0. The maximum absolute atomic E-state index is 11.4. The van der Waals surface area contributed by atoms with Gasteiger partial charge in [-0.1, -0.05) is 45.7 Å². The molecule has 0 saturated heterocycles. The fourth-order valence-electron chi connectivity index (χ4n) is 2.28. The normalized spacial score (nSPS) is 14.9. The summed E-state index contributed by atoms with van der Waals surface area (Å²) in [7, 11) is 0. The summed E-state index contributed by atoms with van der Waals surface area (Å²) in [4.78, 5) is 11.4. The van der Waals surface area contributed by atoms with Crippen molar-refractivity contribution < 1.29 is 9.53 Å². The first-order valence-corrected chi connectivity index (χ1v) is 7.80. The summed E-state index contributed by atoms with van der Waals surface area (Å²) >= 11 is 9.76. The Morgan fingerprint density at radius 2 is 1.95 bits per heavy atom. The lowest BCUT2D eigenvalue weighted by atomic mass is 10.0. The third-order valence-corrected chi connectivity index (χ3v) is 4.89. The monoisotopic (exact) mass is 365 g/mol. The van der Waals surface area contributed by atoms with E-state index in [9.17, 15) is 4.79 Å². The summed E-state index contributed by atoms with van der Waals surface area (Å²) in [5.41, 5.74) is 3.90. The predicted molar refractivity (Wildman–Crippen MR) is 87.5 cm³/mol. The Hall–Kier alpha value is -1.52. The summed E-state index contributed by atoms with van der Waals surface area (Å²) in [6, 6.07) is 11.7. The summed E-state index contributed by atoms with van der Waals surface area (Å²) in [5, 5.41) is 3.58. The number of alkyl halides is 1. The van der Waals surface area contributed by atoms with Crippen molar-refractivity contribution in [1.29, 1.82) is 0 Å². The molecule has 0 spiro atoms. The number of aryl methyl sites for hydroxylation is 1. The number of carbonyl (C=O) groups is 1. The van der Waals surface area contributed by atoms with Crippen molar-refractivity contribution in [3.8, 4) is 5.75 Å². The maximum atomic E-state index is 11.4. The number of amides is 1. The van der Waals surface area contributed by atoms with Gasteiger partial charge in [-0.25, -0.2) is 0 Å². The lowest BCUT2D eigenvalue weighted by Gasteiger charge is -2.20. The molecule has 0 radical (unpaired) electrons. The van der Waals surface area contributed by atoms with Crippen LogP contribution in [0, 0.1) is 6.92 Å². The molecule has 0 aliphatic carbocycles. The highest BCUT2D eigenvalue weighted by atomic mass is 79.9. The molecule has 1 aliphatic heterocycles. The van der Waals surface area contributed by atoms with E-state index in [1.54, 1.807) is 0 Å². The first-order chi connectivity index (χ1) is 10.0. The van der Waals surface area contributed by atoms with E-state index in [1.165, 1.54) is 0 Å². The number of halogens is 2. The van der Waals surface area contributed by atoms with Gasteiger partial charge in [-0.15, -0.1) is 0 Å². The van der Waals surface area contributed by atoms with Crippen LogP contribution >= 0.6 is 27.5 Å². The standard InChI is InChI=1S/C16H13BrClNO2/c1-9-6-10(2-4-12(9)18)16(17)11-3-5-14-13(7-11)19-15(20)8-21-14/h2-7,16H,8H2,1H3,(H,19,20). The molecule has 1 amide bonds. The highest BCUT2D eigenvalue weighted by Crippen LogP contribution is 2.37. The highest BCUT2D eigenvalue weighted by Gasteiger charge is 2.19. The van der Waals surface area contributed by atoms with E-state index in [4.69, 9.17) is 16.3 Å². The molecule has 0 bridgehead atoms. The molecule has 1 atom stereocenters. The molecule has 0 saturated carbocycles. The third-order valence-electron chi connectivity index (χ3n) is 3.40. The van der Waals surface area contributed by atoms with Crippen LogP contribution in [-0.2, 0) is 4.79 Å². The quantitative estimate of drug-likeness (QED) is 0.797. The Morgan fingerprint density at radius 1 is 1.24 bits per heavy atom. The van der Waals surface area contributed by atoms with E-state index >= 15 is 0 Å². The van der Waals surface area contributed by atoms with Crippen LogP contribution in [0.15, 0.2) is 36.4 Å². The Balaban J connectivity index is 1.94. The summed E-state index contributed by atoms with van der Waals surface area (Å²) in [5.74, 6) is 0.568. The van der Waals surface area contributed by atoms with Gasteiger partial charge in [0.15, 0.2) is 6.61 Å². The number of anilines is 1. The predicted octanol–water partition coefficient (Wildman–Crippen LogP) is 4.46. The van der Waals surface area contributed by atoms with Crippen LogP contribution in [0.25, 0.3) is 0 Å². The van der Waals surface area contributed by atoms with Crippen molar-refractivity contribution in [2.24, 2.45) is 0 Å². The number of ether oxygens (including phenoxy) is 1. The lowest BCUT2D eigenvalue weighted by molar-refractivity contribution is -0.118. The molecule has 21 heavy (non-hydrogen) atoms. The van der Waals surface area contributed by atoms with E-state index in [-0.39, 0.29) is 17.3 Å². The van der Waals surface area contributed by atoms with E-state index in [0.29, 0.717) is 11.4 Å². The molecule has 108 valence electrons. The van der Waals surface area contributed by atoms with Crippen LogP contribution in [0.2, 0.25) is 5.02 Å². The van der Waals surface area contributed by atoms with Crippen LogP contribution in [-0.4, -0.2) is 12.5 Å². The SMILES string of the molecule is Cc1cc(C(Br)c2ccc3c(c2)NC(=O)CO3)ccc1Cl. The van der Waals surface area contributed by atoms with Crippen molar-refractivity contribution in [1.82, 2.24) is 0 Å². The Kier molecular flexibility index (Phi) is 3.91. The topological polar surface area (TPSA) is 38.3 Å². The number of hydrogen-bond donors (Lipinski definition) is 1. The van der Waals surface area contributed by atoms with Gasteiger partial charge in [0.25, 0.3) is 5.91 Å². The van der Waals surface area contributed by atoms with Crippen LogP contribution in [0.4, 0.5) is 5.69 Å². The lowest BCUT2D eigenvalue weighted by Crippen LogP contribution is -2.25. The van der Waals surface area contributed by atoms with Crippen LogP contribution < -0.4 is 10.1 Å². The van der Waals surface area contributed by atoms with E-state index in [0.717, 1.165) is 21.7 Å². The molecule has 1 N–H and O–H groups in total. The minimum atomic E-state index is -0.131. The number of hydrogen-bond acceptors (Lipinski definition) is 2. The minimum Gasteiger partial charge on any atom is -0.482 e. The third kappa shape index (κ3) is 2.92. The van der Waals surface area contributed by atoms with Gasteiger partial charge >= 0.3 is 0 Å². The minimum absolute atomic E-state index is 0.0256. The largest absolute Gasteiger partial charge is 0.482 e. The fourth-order valence-corrected chi connectivity index (χ4v) is 2.96. The number of fused-ring (bicyclic) bond motifs is 1. The maximum Gasteiger partial charge on any atom is 0.262 e. The second-order valence-corrected chi connectivity index (χ2v) is 6.29. The Bertz CT molecular complexity index is 717. The molecule has 5 heteroatoms. The molecular weight excluding hydrogens is 354 g/mol. The number of rotatable bonds is 2. The first kappa shape index (κ1) is 14.4. The first-order valence-electron chi connectivity index (χ1n) is 6.51. The molecule has 1 unspecified atom stereocenters. The van der Waals surface area contributed by atoms with Crippen molar-refractivity contribution in [3.05, 3.63) is 58.1 Å². The van der Waals surface area contributed by atoms with Crippen LogP contribution in [0.5, 0.6) is 5.75 Å². The number of benzene rings is 2. The van der Waals surface area contributed by atoms with Gasteiger partial charge in [-0.3, -0.25) is 4.79 Å². The molecular formula is C16H13BrClNO2. The van der Waals surface area contributed by atoms with Gasteiger partial charge in [0, 0.05) is 5.02 Å². The molecule has 0 fully saturated rings. The fraction of sp³-hybridized carbons (Fsp3) is 0.188. The van der Waals surface area contributed by atoms with Crippen molar-refractivity contribution in [3.63, 3.8) is 0 Å². The Morgan fingerprint density at radius 3 is 2.71 bits per heavy atom. The Labute approximate surface area is 136 Å². The summed E-state index contributed by atoms with van der Waals surface area (Å²) < 4.78 is 5.37. The second-order valence-electron chi connectivity index (χ2n) is 4.96. The van der Waals surface area contributed by atoms with Gasteiger partial charge in [0.05, 0.1) is 10.5 Å². The number of carbonyl (C=O) groups excluding carboxylic acids is 1. The molecule has 3 rings (SSSR count). The molecule has 1 aliphatic rings. The summed E-state index contributed by atoms with van der Waals surface area (Å²) in [6.07, 6.45) is 0. The van der Waals surface area contributed by atoms with Crippen molar-refractivity contribution >= 4 is 39.1 Å². The highest BCUT2D eigenvalue weighted by molar-refractivity contribution is 9.09. The van der Waals surface area contributed by atoms with Gasteiger partial charge in [0.2, 0.25) is 0 Å². The van der Waals surface area contributed by atoms with Crippen molar-refractivity contribution in [2.45, 2.75) is 11.8 Å². The summed E-state index contributed by atoms with van der Waals surface area (Å²) in [6.45, 7) is 2.05. The molecule has 2 aromatic rings. The van der Waals surface area contributed by atoms with Crippen LogP contribution in [0.1, 0.15) is 21.5 Å². The molecule has 0 aromatic heterocycles. The van der Waals surface area contributed by atoms with Gasteiger partial charge in [0.1, 0.15) is 5.75 Å². The van der Waals surface area contributed by atoms with Crippen LogP contribution in [0.3, 0.4) is 0 Å². The van der Waals surface area contributed by atoms with Gasteiger partial charge in [-0.2, -0.15) is 0 Å². The van der Waals surface area contributed by atoms with Gasteiger partial charge < -0.3 is 10.1 Å². The second kappa shape index (κ2) is 5.70. The zero-order valence-electron chi connectivity index (χ0n) is 11.3.